The molecule has 1 unspecified atom stereocenters. The molecule has 0 bridgehead atoms. The molecule has 1 atom stereocenters. The maximum atomic E-state index is 6.06. The summed E-state index contributed by atoms with van der Waals surface area (Å²) in [5.74, 6) is 0. The van der Waals surface area contributed by atoms with Crippen LogP contribution in [0.15, 0.2) is 18.2 Å². The third kappa shape index (κ3) is 4.53. The zero-order valence-corrected chi connectivity index (χ0v) is 14.5. The van der Waals surface area contributed by atoms with E-state index in [4.69, 9.17) is 10.5 Å². The summed E-state index contributed by atoms with van der Waals surface area (Å²) in [5, 5.41) is 0. The molecule has 0 radical (unpaired) electrons. The third-order valence-electron chi connectivity index (χ3n) is 4.15. The highest BCUT2D eigenvalue weighted by Crippen LogP contribution is 2.33. The molecule has 2 N–H and O–H groups in total. The summed E-state index contributed by atoms with van der Waals surface area (Å²) in [7, 11) is 4.21. The van der Waals surface area contributed by atoms with Crippen molar-refractivity contribution in [2.45, 2.75) is 45.5 Å². The lowest BCUT2D eigenvalue weighted by Gasteiger charge is -2.24. The van der Waals surface area contributed by atoms with Crippen LogP contribution in [0.5, 0.6) is 0 Å². The third-order valence-corrected chi connectivity index (χ3v) is 4.15. The lowest BCUT2D eigenvalue weighted by atomic mass is 10.0. The Morgan fingerprint density at radius 1 is 1.36 bits per heavy atom. The van der Waals surface area contributed by atoms with Crippen LogP contribution >= 0.6 is 0 Å². The number of nitrogens with zero attached hydrogens (tertiary/aromatic N) is 2. The van der Waals surface area contributed by atoms with Gasteiger partial charge in [0.1, 0.15) is 0 Å². The predicted octanol–water partition coefficient (Wildman–Crippen LogP) is 2.38. The molecule has 4 nitrogen and oxygen atoms in total. The van der Waals surface area contributed by atoms with Gasteiger partial charge in [0.15, 0.2) is 0 Å². The van der Waals surface area contributed by atoms with Crippen LogP contribution in [0.1, 0.15) is 43.0 Å². The zero-order chi connectivity index (χ0) is 16.1. The van der Waals surface area contributed by atoms with Gasteiger partial charge in [-0.15, -0.1) is 0 Å². The summed E-state index contributed by atoms with van der Waals surface area (Å²) in [6, 6.07) is 7.23. The van der Waals surface area contributed by atoms with Gasteiger partial charge < -0.3 is 15.4 Å². The van der Waals surface area contributed by atoms with Gasteiger partial charge in [0.05, 0.1) is 6.10 Å². The van der Waals surface area contributed by atoms with Crippen molar-refractivity contribution in [1.82, 2.24) is 9.80 Å². The number of fused-ring (bicyclic) bond motifs is 1. The molecule has 22 heavy (non-hydrogen) atoms. The quantitative estimate of drug-likeness (QED) is 0.749. The lowest BCUT2D eigenvalue weighted by Crippen LogP contribution is -2.29. The van der Waals surface area contributed by atoms with Crippen molar-refractivity contribution in [3.05, 3.63) is 34.9 Å². The SMILES string of the molecule is CC(C)OCCCN1Cc2ccc(CN(C)C)cc2C1CN. The molecule has 0 aliphatic carbocycles. The first-order valence-corrected chi connectivity index (χ1v) is 8.33. The van der Waals surface area contributed by atoms with Gasteiger partial charge >= 0.3 is 0 Å². The molecular formula is C18H31N3O. The fourth-order valence-corrected chi connectivity index (χ4v) is 3.19. The van der Waals surface area contributed by atoms with Crippen molar-refractivity contribution in [2.75, 3.05) is 33.8 Å². The minimum Gasteiger partial charge on any atom is -0.379 e. The standard InChI is InChI=1S/C18H31N3O/c1-14(2)22-9-5-8-21-13-16-7-6-15(12-20(3)4)10-17(16)18(21)11-19/h6-7,10,14,18H,5,8-9,11-13,19H2,1-4H3. The Labute approximate surface area is 135 Å². The van der Waals surface area contributed by atoms with E-state index in [1.165, 1.54) is 16.7 Å². The van der Waals surface area contributed by atoms with E-state index in [1.807, 2.05) is 0 Å². The van der Waals surface area contributed by atoms with Gasteiger partial charge in [-0.05, 0) is 51.1 Å². The highest BCUT2D eigenvalue weighted by molar-refractivity contribution is 5.38. The average molecular weight is 305 g/mol. The van der Waals surface area contributed by atoms with E-state index in [-0.39, 0.29) is 0 Å². The summed E-state index contributed by atoms with van der Waals surface area (Å²) in [5.41, 5.74) is 10.3. The summed E-state index contributed by atoms with van der Waals surface area (Å²) < 4.78 is 5.65. The molecule has 4 heteroatoms. The van der Waals surface area contributed by atoms with Crippen LogP contribution in [-0.4, -0.2) is 49.7 Å². The van der Waals surface area contributed by atoms with Crippen molar-refractivity contribution in [2.24, 2.45) is 5.73 Å². The van der Waals surface area contributed by atoms with Gasteiger partial charge in [0.2, 0.25) is 0 Å². The van der Waals surface area contributed by atoms with Gasteiger partial charge in [0, 0.05) is 38.8 Å². The number of hydrogen-bond donors (Lipinski definition) is 1. The largest absolute Gasteiger partial charge is 0.379 e. The van der Waals surface area contributed by atoms with Crippen molar-refractivity contribution < 1.29 is 4.74 Å². The van der Waals surface area contributed by atoms with Crippen LogP contribution in [0.3, 0.4) is 0 Å². The molecule has 1 aliphatic heterocycles. The van der Waals surface area contributed by atoms with Crippen LogP contribution in [0, 0.1) is 0 Å². The lowest BCUT2D eigenvalue weighted by molar-refractivity contribution is 0.0675. The van der Waals surface area contributed by atoms with Gasteiger partial charge in [-0.1, -0.05) is 18.2 Å². The zero-order valence-electron chi connectivity index (χ0n) is 14.5. The van der Waals surface area contributed by atoms with Crippen LogP contribution in [-0.2, 0) is 17.8 Å². The first-order chi connectivity index (χ1) is 10.5. The van der Waals surface area contributed by atoms with E-state index in [0.29, 0.717) is 18.7 Å². The minimum absolute atomic E-state index is 0.315. The van der Waals surface area contributed by atoms with Crippen molar-refractivity contribution in [3.8, 4) is 0 Å². The maximum Gasteiger partial charge on any atom is 0.0518 e. The number of benzene rings is 1. The topological polar surface area (TPSA) is 41.7 Å². The second-order valence-electron chi connectivity index (χ2n) is 6.77. The Kier molecular flexibility index (Phi) is 6.38. The number of ether oxygens (including phenoxy) is 1. The normalized spacial score (nSPS) is 18.4. The molecule has 0 amide bonds. The van der Waals surface area contributed by atoms with Crippen molar-refractivity contribution >= 4 is 0 Å². The van der Waals surface area contributed by atoms with Crippen LogP contribution < -0.4 is 5.73 Å². The molecular weight excluding hydrogens is 274 g/mol. The summed E-state index contributed by atoms with van der Waals surface area (Å²) in [6.45, 7) is 8.72. The van der Waals surface area contributed by atoms with Gasteiger partial charge in [-0.2, -0.15) is 0 Å². The molecule has 124 valence electrons. The molecule has 0 aromatic heterocycles. The van der Waals surface area contributed by atoms with Crippen molar-refractivity contribution in [1.29, 1.82) is 0 Å². The van der Waals surface area contributed by atoms with Crippen LogP contribution in [0.4, 0.5) is 0 Å². The summed E-state index contributed by atoms with van der Waals surface area (Å²) in [6.07, 6.45) is 1.38. The van der Waals surface area contributed by atoms with Gasteiger partial charge in [-0.3, -0.25) is 4.90 Å². The van der Waals surface area contributed by atoms with Gasteiger partial charge in [-0.25, -0.2) is 0 Å². The highest BCUT2D eigenvalue weighted by atomic mass is 16.5. The molecule has 0 saturated carbocycles. The minimum atomic E-state index is 0.315. The first kappa shape index (κ1) is 17.4. The van der Waals surface area contributed by atoms with E-state index in [0.717, 1.165) is 32.7 Å². The van der Waals surface area contributed by atoms with E-state index in [9.17, 15) is 0 Å². The van der Waals surface area contributed by atoms with Crippen molar-refractivity contribution in [3.63, 3.8) is 0 Å². The number of nitrogens with two attached hydrogens (primary N) is 1. The molecule has 0 fully saturated rings. The van der Waals surface area contributed by atoms with E-state index >= 15 is 0 Å². The molecule has 0 spiro atoms. The number of hydrogen-bond acceptors (Lipinski definition) is 4. The Bertz CT molecular complexity index is 473. The molecule has 1 aromatic rings. The molecule has 1 aliphatic rings. The predicted molar refractivity (Wildman–Crippen MR) is 91.7 cm³/mol. The maximum absolute atomic E-state index is 6.06. The number of rotatable bonds is 8. The second-order valence-corrected chi connectivity index (χ2v) is 6.77. The van der Waals surface area contributed by atoms with E-state index in [2.05, 4.69) is 55.9 Å². The van der Waals surface area contributed by atoms with E-state index in [1.54, 1.807) is 0 Å². The molecule has 0 saturated heterocycles. The summed E-state index contributed by atoms with van der Waals surface area (Å²) in [4.78, 5) is 4.70. The second kappa shape index (κ2) is 8.06. The van der Waals surface area contributed by atoms with E-state index < -0.39 is 0 Å². The van der Waals surface area contributed by atoms with Gasteiger partial charge in [0.25, 0.3) is 0 Å². The Morgan fingerprint density at radius 2 is 2.14 bits per heavy atom. The summed E-state index contributed by atoms with van der Waals surface area (Å²) >= 11 is 0. The first-order valence-electron chi connectivity index (χ1n) is 8.33. The Hall–Kier alpha value is -0.940. The smallest absolute Gasteiger partial charge is 0.0518 e. The highest BCUT2D eigenvalue weighted by Gasteiger charge is 2.28. The molecule has 2 rings (SSSR count). The van der Waals surface area contributed by atoms with Crippen LogP contribution in [0.25, 0.3) is 0 Å². The Morgan fingerprint density at radius 3 is 2.77 bits per heavy atom. The van der Waals surface area contributed by atoms with Crippen LogP contribution in [0.2, 0.25) is 0 Å². The Balaban J connectivity index is 1.98. The average Bonchev–Trinajstić information content (AvgIpc) is 2.79. The fourth-order valence-electron chi connectivity index (χ4n) is 3.19. The molecule has 1 heterocycles. The fraction of sp³-hybridized carbons (Fsp3) is 0.667. The molecule has 1 aromatic carbocycles. The monoisotopic (exact) mass is 305 g/mol.